The first kappa shape index (κ1) is 17.7. The molecule has 21 heavy (non-hydrogen) atoms. The Bertz CT molecular complexity index is 410. The van der Waals surface area contributed by atoms with Gasteiger partial charge in [0.05, 0.1) is 0 Å². The summed E-state index contributed by atoms with van der Waals surface area (Å²) >= 11 is 0. The van der Waals surface area contributed by atoms with Crippen molar-refractivity contribution in [3.63, 3.8) is 0 Å². The van der Waals surface area contributed by atoms with Gasteiger partial charge >= 0.3 is 0 Å². The summed E-state index contributed by atoms with van der Waals surface area (Å²) in [6.07, 6.45) is 3.21. The molecule has 0 aliphatic rings. The van der Waals surface area contributed by atoms with Crippen LogP contribution in [0.4, 0.5) is 11.6 Å². The van der Waals surface area contributed by atoms with Crippen molar-refractivity contribution in [2.45, 2.75) is 66.0 Å². The third kappa shape index (κ3) is 5.16. The van der Waals surface area contributed by atoms with Gasteiger partial charge in [-0.1, -0.05) is 20.8 Å². The van der Waals surface area contributed by atoms with E-state index in [0.717, 1.165) is 43.3 Å². The Morgan fingerprint density at radius 3 is 2.14 bits per heavy atom. The maximum absolute atomic E-state index is 5.44. The minimum Gasteiger partial charge on any atom is -0.374 e. The van der Waals surface area contributed by atoms with Crippen LogP contribution in [-0.2, 0) is 11.3 Å². The maximum atomic E-state index is 5.44. The number of ether oxygens (including phenoxy) is 1. The molecule has 0 spiro atoms. The normalized spacial score (nSPS) is 11.5. The third-order valence-corrected chi connectivity index (χ3v) is 3.99. The number of rotatable bonds is 10. The van der Waals surface area contributed by atoms with Gasteiger partial charge in [-0.05, 0) is 33.1 Å². The molecule has 1 aromatic heterocycles. The Kier molecular flexibility index (Phi) is 7.43. The van der Waals surface area contributed by atoms with Gasteiger partial charge in [-0.15, -0.1) is 0 Å². The summed E-state index contributed by atoms with van der Waals surface area (Å²) in [5.74, 6) is 2.44. The molecule has 0 saturated heterocycles. The molecule has 0 radical (unpaired) electrons. The molecule has 1 heterocycles. The van der Waals surface area contributed by atoms with Crippen molar-refractivity contribution in [3.05, 3.63) is 11.9 Å². The largest absolute Gasteiger partial charge is 0.374 e. The van der Waals surface area contributed by atoms with Crippen molar-refractivity contribution in [2.24, 2.45) is 0 Å². The van der Waals surface area contributed by atoms with Crippen molar-refractivity contribution in [1.29, 1.82) is 0 Å². The van der Waals surface area contributed by atoms with E-state index in [1.165, 1.54) is 0 Å². The number of hydrogen-bond donors (Lipinski definition) is 2. The molecule has 5 heteroatoms. The van der Waals surface area contributed by atoms with Gasteiger partial charge in [-0.2, -0.15) is 0 Å². The number of hydrogen-bond acceptors (Lipinski definition) is 5. The Labute approximate surface area is 128 Å². The molecule has 0 fully saturated rings. The predicted molar refractivity (Wildman–Crippen MR) is 88.8 cm³/mol. The fourth-order valence-electron chi connectivity index (χ4n) is 2.38. The first-order valence-electron chi connectivity index (χ1n) is 8.10. The van der Waals surface area contributed by atoms with Crippen molar-refractivity contribution in [1.82, 2.24) is 9.97 Å². The van der Waals surface area contributed by atoms with Crippen molar-refractivity contribution >= 4 is 11.6 Å². The van der Waals surface area contributed by atoms with Crippen LogP contribution in [0.2, 0.25) is 0 Å². The second-order valence-electron chi connectivity index (χ2n) is 5.19. The molecule has 120 valence electrons. The lowest BCUT2D eigenvalue weighted by Gasteiger charge is -2.32. The molecule has 2 N–H and O–H groups in total. The molecule has 0 aliphatic heterocycles. The minimum absolute atomic E-state index is 0.0979. The standard InChI is InChI=1S/C16H30N4O/c1-6-16(7-2,8-3)20-14-11-13(17-9-4)18-15(19-14)12-21-10-5/h11H,6-10,12H2,1-5H3,(H2,17,18,19,20). The van der Waals surface area contributed by atoms with E-state index in [9.17, 15) is 0 Å². The topological polar surface area (TPSA) is 59.1 Å². The molecule has 0 unspecified atom stereocenters. The predicted octanol–water partition coefficient (Wildman–Crippen LogP) is 3.83. The van der Waals surface area contributed by atoms with Crippen LogP contribution in [0, 0.1) is 0 Å². The quantitative estimate of drug-likeness (QED) is 0.687. The van der Waals surface area contributed by atoms with Crippen LogP contribution in [0.5, 0.6) is 0 Å². The summed E-state index contributed by atoms with van der Waals surface area (Å²) in [6, 6.07) is 1.98. The van der Waals surface area contributed by atoms with E-state index in [1.807, 2.05) is 13.0 Å². The van der Waals surface area contributed by atoms with Crippen molar-refractivity contribution in [2.75, 3.05) is 23.8 Å². The Morgan fingerprint density at radius 1 is 1.00 bits per heavy atom. The molecule has 1 rings (SSSR count). The van der Waals surface area contributed by atoms with E-state index >= 15 is 0 Å². The van der Waals surface area contributed by atoms with Gasteiger partial charge in [0.1, 0.15) is 18.2 Å². The van der Waals surface area contributed by atoms with Crippen LogP contribution in [-0.4, -0.2) is 28.7 Å². The van der Waals surface area contributed by atoms with Gasteiger partial charge in [-0.3, -0.25) is 0 Å². The lowest BCUT2D eigenvalue weighted by molar-refractivity contribution is 0.128. The smallest absolute Gasteiger partial charge is 0.158 e. The summed E-state index contributed by atoms with van der Waals surface area (Å²) in [5, 5.41) is 6.87. The highest BCUT2D eigenvalue weighted by atomic mass is 16.5. The zero-order valence-electron chi connectivity index (χ0n) is 14.1. The van der Waals surface area contributed by atoms with Gasteiger partial charge in [0.25, 0.3) is 0 Å². The van der Waals surface area contributed by atoms with Crippen LogP contribution in [0.15, 0.2) is 6.07 Å². The fraction of sp³-hybridized carbons (Fsp3) is 0.750. The van der Waals surface area contributed by atoms with Crippen LogP contribution in [0.1, 0.15) is 59.7 Å². The highest BCUT2D eigenvalue weighted by Crippen LogP contribution is 2.25. The molecule has 0 saturated carbocycles. The van der Waals surface area contributed by atoms with Crippen LogP contribution < -0.4 is 10.6 Å². The van der Waals surface area contributed by atoms with Crippen LogP contribution in [0.3, 0.4) is 0 Å². The summed E-state index contributed by atoms with van der Waals surface area (Å²) in [5.41, 5.74) is 0.0979. The van der Waals surface area contributed by atoms with E-state index in [4.69, 9.17) is 4.74 Å². The molecule has 5 nitrogen and oxygen atoms in total. The van der Waals surface area contributed by atoms with Crippen LogP contribution >= 0.6 is 0 Å². The van der Waals surface area contributed by atoms with E-state index in [1.54, 1.807) is 0 Å². The van der Waals surface area contributed by atoms with Gasteiger partial charge in [0.15, 0.2) is 5.82 Å². The molecule has 0 atom stereocenters. The van der Waals surface area contributed by atoms with E-state index in [0.29, 0.717) is 13.2 Å². The van der Waals surface area contributed by atoms with Gasteiger partial charge in [0.2, 0.25) is 0 Å². The van der Waals surface area contributed by atoms with E-state index < -0.39 is 0 Å². The lowest BCUT2D eigenvalue weighted by atomic mass is 9.90. The summed E-state index contributed by atoms with van der Waals surface area (Å²) in [4.78, 5) is 9.08. The molecular formula is C16H30N4O. The molecule has 0 bridgehead atoms. The number of nitrogens with zero attached hydrogens (tertiary/aromatic N) is 2. The lowest BCUT2D eigenvalue weighted by Crippen LogP contribution is -2.36. The zero-order chi connectivity index (χ0) is 15.7. The number of aromatic nitrogens is 2. The average Bonchev–Trinajstić information content (AvgIpc) is 2.51. The molecule has 0 amide bonds. The number of nitrogens with one attached hydrogen (secondary N) is 2. The maximum Gasteiger partial charge on any atom is 0.158 e. The Balaban J connectivity index is 3.00. The molecule has 1 aromatic rings. The van der Waals surface area contributed by atoms with Gasteiger partial charge < -0.3 is 15.4 Å². The van der Waals surface area contributed by atoms with Crippen molar-refractivity contribution in [3.8, 4) is 0 Å². The van der Waals surface area contributed by atoms with E-state index in [-0.39, 0.29) is 5.54 Å². The number of anilines is 2. The van der Waals surface area contributed by atoms with Gasteiger partial charge in [0, 0.05) is 24.8 Å². The first-order chi connectivity index (χ1) is 10.1. The second-order valence-corrected chi connectivity index (χ2v) is 5.19. The highest BCUT2D eigenvalue weighted by Gasteiger charge is 2.24. The van der Waals surface area contributed by atoms with Crippen LogP contribution in [0.25, 0.3) is 0 Å². The third-order valence-electron chi connectivity index (χ3n) is 3.99. The minimum atomic E-state index is 0.0979. The fourth-order valence-corrected chi connectivity index (χ4v) is 2.38. The molecular weight excluding hydrogens is 264 g/mol. The zero-order valence-corrected chi connectivity index (χ0v) is 14.1. The second kappa shape index (κ2) is 8.82. The Morgan fingerprint density at radius 2 is 1.62 bits per heavy atom. The SMILES string of the molecule is CCNc1cc(NC(CC)(CC)CC)nc(COCC)n1. The van der Waals surface area contributed by atoms with E-state index in [2.05, 4.69) is 48.3 Å². The summed E-state index contributed by atoms with van der Waals surface area (Å²) in [7, 11) is 0. The Hall–Kier alpha value is -1.36. The summed E-state index contributed by atoms with van der Waals surface area (Å²) in [6.45, 7) is 12.6. The molecule has 0 aromatic carbocycles. The molecule has 0 aliphatic carbocycles. The average molecular weight is 294 g/mol. The van der Waals surface area contributed by atoms with Crippen molar-refractivity contribution < 1.29 is 4.74 Å². The monoisotopic (exact) mass is 294 g/mol. The highest BCUT2D eigenvalue weighted by molar-refractivity contribution is 5.49. The van der Waals surface area contributed by atoms with Gasteiger partial charge in [-0.25, -0.2) is 9.97 Å². The first-order valence-corrected chi connectivity index (χ1v) is 8.10. The summed E-state index contributed by atoms with van der Waals surface area (Å²) < 4.78 is 5.44.